The van der Waals surface area contributed by atoms with E-state index in [1.807, 2.05) is 0 Å². The van der Waals surface area contributed by atoms with Gasteiger partial charge in [0.15, 0.2) is 0 Å². The quantitative estimate of drug-likeness (QED) is 0.120. The lowest BCUT2D eigenvalue weighted by Crippen LogP contribution is -2.38. The summed E-state index contributed by atoms with van der Waals surface area (Å²) in [6, 6.07) is 0. The predicted molar refractivity (Wildman–Crippen MR) is 196 cm³/mol. The molecule has 4 aliphatic carbocycles. The van der Waals surface area contributed by atoms with E-state index in [9.17, 15) is 0 Å². The van der Waals surface area contributed by atoms with Gasteiger partial charge in [-0.15, -0.1) is 0 Å². The highest BCUT2D eigenvalue weighted by atomic mass is 14.6. The Balaban J connectivity index is 1.47. The SMILES string of the molecule is CCCCCCC(C(C)C(C)CCCC1CC1)C(C)C(CCC)C(CC)C(C)C1CCCC2CC(CC2C2CC2(C)C)C1C. The summed E-state index contributed by atoms with van der Waals surface area (Å²) >= 11 is 0. The fraction of sp³-hybridized carbons (Fsp3) is 1.00. The molecule has 0 saturated heterocycles. The number of hydrogen-bond donors (Lipinski definition) is 0. The Labute approximate surface area is 278 Å². The largest absolute Gasteiger partial charge is 0.0654 e. The maximum atomic E-state index is 2.76. The Morgan fingerprint density at radius 3 is 2.02 bits per heavy atom. The van der Waals surface area contributed by atoms with Gasteiger partial charge in [-0.25, -0.2) is 0 Å². The standard InChI is InChI=1S/C44H82/c1-11-14-15-16-23-39(31(5)30(4)20-17-21-35-25-26-35)34(8)41(19-12-2)38(13-3)33(7)40-24-18-22-36-27-37(32(40)6)28-42(36)43-29-44(43,9)10/h30-43H,11-29H2,1-10H3. The van der Waals surface area contributed by atoms with Crippen molar-refractivity contribution in [1.29, 1.82) is 0 Å². The van der Waals surface area contributed by atoms with E-state index in [0.29, 0.717) is 5.41 Å². The van der Waals surface area contributed by atoms with Crippen molar-refractivity contribution in [2.24, 2.45) is 88.3 Å². The first-order chi connectivity index (χ1) is 21.0. The minimum absolute atomic E-state index is 0.650. The van der Waals surface area contributed by atoms with Gasteiger partial charge in [0, 0.05) is 0 Å². The van der Waals surface area contributed by atoms with E-state index in [-0.39, 0.29) is 0 Å². The van der Waals surface area contributed by atoms with E-state index in [4.69, 9.17) is 0 Å². The molecule has 4 aliphatic rings. The molecule has 4 saturated carbocycles. The van der Waals surface area contributed by atoms with Crippen molar-refractivity contribution in [2.75, 3.05) is 0 Å². The predicted octanol–water partition coefficient (Wildman–Crippen LogP) is 14.3. The Bertz CT molecular complexity index is 805. The van der Waals surface area contributed by atoms with Crippen molar-refractivity contribution < 1.29 is 0 Å². The lowest BCUT2D eigenvalue weighted by molar-refractivity contribution is 0.0338. The minimum Gasteiger partial charge on any atom is -0.0654 e. The minimum atomic E-state index is 0.650. The molecule has 0 aromatic rings. The zero-order valence-corrected chi connectivity index (χ0v) is 32.0. The molecule has 0 aromatic carbocycles. The van der Waals surface area contributed by atoms with Crippen LogP contribution >= 0.6 is 0 Å². The molecule has 0 heteroatoms. The van der Waals surface area contributed by atoms with Crippen LogP contribution in [0.3, 0.4) is 0 Å². The van der Waals surface area contributed by atoms with Crippen molar-refractivity contribution in [1.82, 2.24) is 0 Å². The highest BCUT2D eigenvalue weighted by Gasteiger charge is 2.55. The van der Waals surface area contributed by atoms with E-state index < -0.39 is 0 Å². The zero-order valence-electron chi connectivity index (χ0n) is 32.0. The summed E-state index contributed by atoms with van der Waals surface area (Å²) in [5, 5.41) is 0. The topological polar surface area (TPSA) is 0 Å². The molecular formula is C44H82. The summed E-state index contributed by atoms with van der Waals surface area (Å²) in [6.07, 6.45) is 28.2. The van der Waals surface area contributed by atoms with Crippen molar-refractivity contribution in [3.8, 4) is 0 Å². The van der Waals surface area contributed by atoms with Gasteiger partial charge in [-0.2, -0.15) is 0 Å². The molecular weight excluding hydrogens is 528 g/mol. The van der Waals surface area contributed by atoms with E-state index in [1.165, 1.54) is 103 Å². The molecule has 13 unspecified atom stereocenters. The van der Waals surface area contributed by atoms with Gasteiger partial charge in [-0.05, 0) is 120 Å². The van der Waals surface area contributed by atoms with Crippen LogP contribution in [-0.4, -0.2) is 0 Å². The molecule has 44 heavy (non-hydrogen) atoms. The Morgan fingerprint density at radius 1 is 0.682 bits per heavy atom. The number of unbranched alkanes of at least 4 members (excludes halogenated alkanes) is 3. The zero-order chi connectivity index (χ0) is 32.0. The van der Waals surface area contributed by atoms with Crippen molar-refractivity contribution >= 4 is 0 Å². The summed E-state index contributed by atoms with van der Waals surface area (Å²) in [7, 11) is 0. The lowest BCUT2D eigenvalue weighted by Gasteiger charge is -2.46. The molecule has 0 heterocycles. The normalized spacial score (nSPS) is 34.8. The lowest BCUT2D eigenvalue weighted by atomic mass is 9.60. The number of rotatable bonds is 20. The van der Waals surface area contributed by atoms with Gasteiger partial charge in [0.1, 0.15) is 0 Å². The molecule has 0 radical (unpaired) electrons. The van der Waals surface area contributed by atoms with Gasteiger partial charge in [-0.1, -0.05) is 159 Å². The summed E-state index contributed by atoms with van der Waals surface area (Å²) in [4.78, 5) is 0. The van der Waals surface area contributed by atoms with Gasteiger partial charge in [0.25, 0.3) is 0 Å². The highest BCUT2D eigenvalue weighted by molar-refractivity contribution is 5.05. The molecule has 0 spiro atoms. The third-order valence-electron chi connectivity index (χ3n) is 15.7. The Kier molecular flexibility index (Phi) is 14.1. The Hall–Kier alpha value is 0. The molecule has 258 valence electrons. The molecule has 0 nitrogen and oxygen atoms in total. The maximum absolute atomic E-state index is 2.76. The first kappa shape index (κ1) is 36.8. The second-order valence-corrected chi connectivity index (χ2v) is 18.9. The summed E-state index contributed by atoms with van der Waals surface area (Å²) in [6.45, 7) is 26.2. The average Bonchev–Trinajstić information content (AvgIpc) is 3.88. The Morgan fingerprint density at radius 2 is 1.41 bits per heavy atom. The van der Waals surface area contributed by atoms with Crippen LogP contribution in [0.1, 0.15) is 191 Å². The van der Waals surface area contributed by atoms with Gasteiger partial charge in [0.2, 0.25) is 0 Å². The number of hydrogen-bond acceptors (Lipinski definition) is 0. The van der Waals surface area contributed by atoms with Crippen molar-refractivity contribution in [2.45, 2.75) is 191 Å². The van der Waals surface area contributed by atoms with Crippen LogP contribution in [0.5, 0.6) is 0 Å². The highest BCUT2D eigenvalue weighted by Crippen LogP contribution is 2.64. The third kappa shape index (κ3) is 9.33. The van der Waals surface area contributed by atoms with Gasteiger partial charge < -0.3 is 0 Å². The first-order valence-corrected chi connectivity index (χ1v) is 21.0. The van der Waals surface area contributed by atoms with Crippen molar-refractivity contribution in [3.05, 3.63) is 0 Å². The molecule has 13 atom stereocenters. The number of fused-ring (bicyclic) bond motifs is 2. The summed E-state index contributed by atoms with van der Waals surface area (Å²) in [5.41, 5.74) is 0.650. The van der Waals surface area contributed by atoms with Gasteiger partial charge >= 0.3 is 0 Å². The average molecular weight is 611 g/mol. The molecule has 4 rings (SSSR count). The van der Waals surface area contributed by atoms with Crippen molar-refractivity contribution in [3.63, 3.8) is 0 Å². The fourth-order valence-electron chi connectivity index (χ4n) is 12.2. The van der Waals surface area contributed by atoms with E-state index >= 15 is 0 Å². The first-order valence-electron chi connectivity index (χ1n) is 21.0. The van der Waals surface area contributed by atoms with Crippen LogP contribution in [0.25, 0.3) is 0 Å². The van der Waals surface area contributed by atoms with E-state index in [2.05, 4.69) is 69.2 Å². The molecule has 2 bridgehead atoms. The molecule has 4 fully saturated rings. The van der Waals surface area contributed by atoms with Crippen LogP contribution in [0.4, 0.5) is 0 Å². The fourth-order valence-corrected chi connectivity index (χ4v) is 12.2. The van der Waals surface area contributed by atoms with Crippen LogP contribution in [-0.2, 0) is 0 Å². The molecule has 0 aliphatic heterocycles. The third-order valence-corrected chi connectivity index (χ3v) is 15.7. The molecule has 0 amide bonds. The second-order valence-electron chi connectivity index (χ2n) is 18.9. The summed E-state index contributed by atoms with van der Waals surface area (Å²) in [5.74, 6) is 13.4. The van der Waals surface area contributed by atoms with Crippen LogP contribution in [0, 0.1) is 88.3 Å². The van der Waals surface area contributed by atoms with E-state index in [0.717, 1.165) is 82.9 Å². The summed E-state index contributed by atoms with van der Waals surface area (Å²) < 4.78 is 0. The maximum Gasteiger partial charge on any atom is -0.0320 e. The molecule has 0 N–H and O–H groups in total. The van der Waals surface area contributed by atoms with Crippen LogP contribution in [0.2, 0.25) is 0 Å². The van der Waals surface area contributed by atoms with Gasteiger partial charge in [-0.3, -0.25) is 0 Å². The smallest absolute Gasteiger partial charge is 0.0320 e. The molecule has 0 aromatic heterocycles. The van der Waals surface area contributed by atoms with Crippen LogP contribution in [0.15, 0.2) is 0 Å². The second kappa shape index (κ2) is 16.9. The van der Waals surface area contributed by atoms with Gasteiger partial charge in [0.05, 0.1) is 0 Å². The monoisotopic (exact) mass is 611 g/mol. The van der Waals surface area contributed by atoms with Crippen LogP contribution < -0.4 is 0 Å². The van der Waals surface area contributed by atoms with E-state index in [1.54, 1.807) is 19.3 Å².